The van der Waals surface area contributed by atoms with Crippen LogP contribution in [0.3, 0.4) is 0 Å². The van der Waals surface area contributed by atoms with Crippen molar-refractivity contribution in [1.29, 1.82) is 0 Å². The van der Waals surface area contributed by atoms with Gasteiger partial charge >= 0.3 is 0 Å². The number of aromatic nitrogens is 2. The second-order valence-corrected chi connectivity index (χ2v) is 4.76. The van der Waals surface area contributed by atoms with Crippen molar-refractivity contribution in [3.63, 3.8) is 0 Å². The Morgan fingerprint density at radius 3 is 2.81 bits per heavy atom. The Hall–Kier alpha value is -0.720. The fraction of sp³-hybridized carbons (Fsp3) is 0.600. The predicted octanol–water partition coefficient (Wildman–Crippen LogP) is 0.771. The van der Waals surface area contributed by atoms with Crippen molar-refractivity contribution in [2.24, 2.45) is 0 Å². The number of carbonyl (C=O) groups is 1. The summed E-state index contributed by atoms with van der Waals surface area (Å²) in [6.07, 6.45) is 0.566. The van der Waals surface area contributed by atoms with Gasteiger partial charge in [-0.2, -0.15) is 5.10 Å². The standard InChI is InChI=1S/C10H16BrN3O2/c1-7(15)10(16)9-8(11)6-12-14(9)5-4-13(2)3/h6-7,15H,4-5H2,1-3H3. The van der Waals surface area contributed by atoms with Crippen molar-refractivity contribution in [2.45, 2.75) is 19.6 Å². The monoisotopic (exact) mass is 289 g/mol. The van der Waals surface area contributed by atoms with E-state index in [9.17, 15) is 9.90 Å². The van der Waals surface area contributed by atoms with Crippen LogP contribution in [0.25, 0.3) is 0 Å². The third-order valence-corrected chi connectivity index (χ3v) is 2.75. The van der Waals surface area contributed by atoms with Crippen LogP contribution in [0, 0.1) is 0 Å². The molecule has 6 heteroatoms. The van der Waals surface area contributed by atoms with E-state index in [0.29, 0.717) is 16.7 Å². The van der Waals surface area contributed by atoms with Gasteiger partial charge in [-0.1, -0.05) is 0 Å². The smallest absolute Gasteiger partial charge is 0.210 e. The number of likely N-dealkylation sites (N-methyl/N-ethyl adjacent to an activating group) is 1. The number of carbonyl (C=O) groups excluding carboxylic acids is 1. The molecule has 0 spiro atoms. The highest BCUT2D eigenvalue weighted by Gasteiger charge is 2.20. The summed E-state index contributed by atoms with van der Waals surface area (Å²) in [5.74, 6) is -0.317. The largest absolute Gasteiger partial charge is 0.385 e. The van der Waals surface area contributed by atoms with Crippen LogP contribution < -0.4 is 0 Å². The van der Waals surface area contributed by atoms with E-state index in [2.05, 4.69) is 21.0 Å². The van der Waals surface area contributed by atoms with E-state index in [1.54, 1.807) is 10.9 Å². The van der Waals surface area contributed by atoms with Gasteiger partial charge < -0.3 is 10.0 Å². The molecule has 1 atom stereocenters. The van der Waals surface area contributed by atoms with E-state index >= 15 is 0 Å². The maximum atomic E-state index is 11.7. The molecule has 1 unspecified atom stereocenters. The third kappa shape index (κ3) is 3.13. The zero-order chi connectivity index (χ0) is 12.3. The summed E-state index contributed by atoms with van der Waals surface area (Å²) in [7, 11) is 3.91. The van der Waals surface area contributed by atoms with Gasteiger partial charge in [0.05, 0.1) is 17.2 Å². The lowest BCUT2D eigenvalue weighted by atomic mass is 10.2. The molecule has 0 radical (unpaired) electrons. The van der Waals surface area contributed by atoms with Crippen molar-refractivity contribution >= 4 is 21.7 Å². The number of aliphatic hydroxyl groups is 1. The summed E-state index contributed by atoms with van der Waals surface area (Å²) in [4.78, 5) is 13.7. The highest BCUT2D eigenvalue weighted by atomic mass is 79.9. The van der Waals surface area contributed by atoms with Gasteiger partial charge in [0.1, 0.15) is 11.8 Å². The number of ketones is 1. The number of nitrogens with zero attached hydrogens (tertiary/aromatic N) is 3. The third-order valence-electron chi connectivity index (χ3n) is 2.17. The quantitative estimate of drug-likeness (QED) is 0.814. The van der Waals surface area contributed by atoms with Crippen LogP contribution in [0.2, 0.25) is 0 Å². The fourth-order valence-electron chi connectivity index (χ4n) is 1.27. The zero-order valence-electron chi connectivity index (χ0n) is 9.64. The molecule has 0 aliphatic rings. The summed E-state index contributed by atoms with van der Waals surface area (Å²) in [5.41, 5.74) is 0.428. The Morgan fingerprint density at radius 1 is 1.69 bits per heavy atom. The lowest BCUT2D eigenvalue weighted by Crippen LogP contribution is -2.25. The van der Waals surface area contributed by atoms with Gasteiger partial charge in [0.15, 0.2) is 0 Å². The van der Waals surface area contributed by atoms with Crippen LogP contribution in [0.1, 0.15) is 17.4 Å². The second kappa shape index (κ2) is 5.56. The van der Waals surface area contributed by atoms with E-state index in [1.165, 1.54) is 6.92 Å². The van der Waals surface area contributed by atoms with Crippen LogP contribution in [-0.2, 0) is 6.54 Å². The molecule has 1 heterocycles. The van der Waals surface area contributed by atoms with Crippen LogP contribution >= 0.6 is 15.9 Å². The number of hydrogen-bond donors (Lipinski definition) is 1. The van der Waals surface area contributed by atoms with Crippen molar-refractivity contribution in [2.75, 3.05) is 20.6 Å². The normalized spacial score (nSPS) is 13.1. The first-order chi connectivity index (χ1) is 7.43. The molecule has 0 saturated carbocycles. The van der Waals surface area contributed by atoms with Crippen molar-refractivity contribution < 1.29 is 9.90 Å². The van der Waals surface area contributed by atoms with Gasteiger partial charge in [-0.05, 0) is 36.9 Å². The summed E-state index contributed by atoms with van der Waals surface area (Å²) in [6, 6.07) is 0. The van der Waals surface area contributed by atoms with Gasteiger partial charge in [-0.15, -0.1) is 0 Å². The second-order valence-electron chi connectivity index (χ2n) is 3.91. The first kappa shape index (κ1) is 13.3. The van der Waals surface area contributed by atoms with Gasteiger partial charge in [0, 0.05) is 6.54 Å². The Bertz CT molecular complexity index is 374. The Morgan fingerprint density at radius 2 is 2.31 bits per heavy atom. The molecule has 1 aromatic heterocycles. The molecule has 0 fully saturated rings. The van der Waals surface area contributed by atoms with Gasteiger partial charge in [0.2, 0.25) is 5.78 Å². The van der Waals surface area contributed by atoms with Gasteiger partial charge in [-0.3, -0.25) is 9.48 Å². The van der Waals surface area contributed by atoms with Crippen LogP contribution in [0.5, 0.6) is 0 Å². The maximum absolute atomic E-state index is 11.7. The van der Waals surface area contributed by atoms with E-state index in [-0.39, 0.29) is 5.78 Å². The van der Waals surface area contributed by atoms with E-state index < -0.39 is 6.10 Å². The molecular weight excluding hydrogens is 274 g/mol. The first-order valence-corrected chi connectivity index (χ1v) is 5.81. The molecule has 5 nitrogen and oxygen atoms in total. The molecule has 0 saturated heterocycles. The lowest BCUT2D eigenvalue weighted by molar-refractivity contribution is 0.0766. The van der Waals surface area contributed by atoms with Crippen LogP contribution in [0.15, 0.2) is 10.7 Å². The minimum Gasteiger partial charge on any atom is -0.385 e. The SMILES string of the molecule is CC(O)C(=O)c1c(Br)cnn1CCN(C)C. The summed E-state index contributed by atoms with van der Waals surface area (Å²) < 4.78 is 2.23. The molecule has 0 aliphatic heterocycles. The minimum absolute atomic E-state index is 0.317. The Labute approximate surface area is 103 Å². The summed E-state index contributed by atoms with van der Waals surface area (Å²) in [6.45, 7) is 2.86. The molecule has 0 amide bonds. The Kier molecular flexibility index (Phi) is 4.64. The lowest BCUT2D eigenvalue weighted by Gasteiger charge is -2.12. The van der Waals surface area contributed by atoms with E-state index in [1.807, 2.05) is 19.0 Å². The molecule has 16 heavy (non-hydrogen) atoms. The first-order valence-electron chi connectivity index (χ1n) is 5.01. The Balaban J connectivity index is 2.90. The number of halogens is 1. The van der Waals surface area contributed by atoms with Gasteiger partial charge in [-0.25, -0.2) is 0 Å². The summed E-state index contributed by atoms with van der Waals surface area (Å²) >= 11 is 3.26. The van der Waals surface area contributed by atoms with Crippen molar-refractivity contribution in [3.8, 4) is 0 Å². The van der Waals surface area contributed by atoms with Crippen molar-refractivity contribution in [3.05, 3.63) is 16.4 Å². The molecular formula is C10H16BrN3O2. The molecule has 90 valence electrons. The van der Waals surface area contributed by atoms with Crippen LogP contribution in [-0.4, -0.2) is 52.3 Å². The molecule has 1 N–H and O–H groups in total. The number of rotatable bonds is 5. The minimum atomic E-state index is -1.01. The fourth-order valence-corrected chi connectivity index (χ4v) is 1.76. The predicted molar refractivity (Wildman–Crippen MR) is 64.5 cm³/mol. The number of Topliss-reactive ketones (excluding diaryl/α,β-unsaturated/α-hetero) is 1. The van der Waals surface area contributed by atoms with Crippen LogP contribution in [0.4, 0.5) is 0 Å². The van der Waals surface area contributed by atoms with E-state index in [4.69, 9.17) is 0 Å². The molecule has 0 aliphatic carbocycles. The molecule has 1 aromatic rings. The topological polar surface area (TPSA) is 58.4 Å². The average molecular weight is 290 g/mol. The van der Waals surface area contributed by atoms with Gasteiger partial charge in [0.25, 0.3) is 0 Å². The van der Waals surface area contributed by atoms with E-state index in [0.717, 1.165) is 6.54 Å². The molecule has 0 aromatic carbocycles. The zero-order valence-corrected chi connectivity index (χ0v) is 11.2. The molecule has 1 rings (SSSR count). The number of hydrogen-bond acceptors (Lipinski definition) is 4. The highest BCUT2D eigenvalue weighted by molar-refractivity contribution is 9.10. The average Bonchev–Trinajstić information content (AvgIpc) is 2.55. The summed E-state index contributed by atoms with van der Waals surface area (Å²) in [5, 5.41) is 13.4. The maximum Gasteiger partial charge on any atom is 0.210 e. The molecule has 0 bridgehead atoms. The van der Waals surface area contributed by atoms with Crippen molar-refractivity contribution in [1.82, 2.24) is 14.7 Å². The highest BCUT2D eigenvalue weighted by Crippen LogP contribution is 2.17. The number of aliphatic hydroxyl groups excluding tert-OH is 1.